The standard InChI is InChI=1S/C20H17ClF2N2O2S/c1-12-8-19(24-20-9-13(21)2-4-16(12)20)17-5-3-15(10-18(17)23)28(26,27)25-7-6-14(22)11-25/h2-5,8-10,14H,6-7,11H2,1H3/t14-/m0/s1. The van der Waals surface area contributed by atoms with E-state index in [-0.39, 0.29) is 30.0 Å². The molecule has 3 aromatic rings. The SMILES string of the molecule is Cc1cc(-c2ccc(S(=O)(=O)N3CC[C@H](F)C3)cc2F)nc2cc(Cl)ccc12. The minimum absolute atomic E-state index is 0.0963. The van der Waals surface area contributed by atoms with Gasteiger partial charge in [-0.2, -0.15) is 4.31 Å². The van der Waals surface area contributed by atoms with Crippen LogP contribution in [0, 0.1) is 12.7 Å². The van der Waals surface area contributed by atoms with Gasteiger partial charge in [0.1, 0.15) is 12.0 Å². The maximum atomic E-state index is 14.8. The molecule has 8 heteroatoms. The van der Waals surface area contributed by atoms with Gasteiger partial charge in [-0.15, -0.1) is 0 Å². The van der Waals surface area contributed by atoms with E-state index in [1.165, 1.54) is 12.1 Å². The van der Waals surface area contributed by atoms with Crippen molar-refractivity contribution in [3.63, 3.8) is 0 Å². The Morgan fingerprint density at radius 1 is 1.18 bits per heavy atom. The molecule has 1 aromatic heterocycles. The monoisotopic (exact) mass is 422 g/mol. The first-order chi connectivity index (χ1) is 13.3. The predicted octanol–water partition coefficient (Wildman–Crippen LogP) is 4.74. The van der Waals surface area contributed by atoms with Gasteiger partial charge in [-0.1, -0.05) is 17.7 Å². The van der Waals surface area contributed by atoms with E-state index >= 15 is 0 Å². The number of halogens is 3. The first kappa shape index (κ1) is 19.2. The molecule has 4 nitrogen and oxygen atoms in total. The molecule has 2 aromatic carbocycles. The van der Waals surface area contributed by atoms with Crippen LogP contribution in [0.15, 0.2) is 47.4 Å². The van der Waals surface area contributed by atoms with Crippen molar-refractivity contribution in [1.29, 1.82) is 0 Å². The van der Waals surface area contributed by atoms with Crippen LogP contribution in [0.3, 0.4) is 0 Å². The lowest BCUT2D eigenvalue weighted by Crippen LogP contribution is -2.29. The molecule has 146 valence electrons. The minimum Gasteiger partial charge on any atom is -0.248 e. The lowest BCUT2D eigenvalue weighted by atomic mass is 10.0. The van der Waals surface area contributed by atoms with Crippen molar-refractivity contribution in [2.45, 2.75) is 24.4 Å². The van der Waals surface area contributed by atoms with E-state index in [9.17, 15) is 17.2 Å². The van der Waals surface area contributed by atoms with E-state index in [2.05, 4.69) is 4.98 Å². The van der Waals surface area contributed by atoms with Crippen molar-refractivity contribution in [3.8, 4) is 11.3 Å². The van der Waals surface area contributed by atoms with E-state index in [4.69, 9.17) is 11.6 Å². The van der Waals surface area contributed by atoms with Crippen LogP contribution in [0.2, 0.25) is 5.02 Å². The Hall–Kier alpha value is -2.09. The van der Waals surface area contributed by atoms with Crippen LogP contribution in [0.5, 0.6) is 0 Å². The Bertz CT molecular complexity index is 1180. The van der Waals surface area contributed by atoms with E-state index < -0.39 is 22.0 Å². The van der Waals surface area contributed by atoms with Gasteiger partial charge in [0.2, 0.25) is 10.0 Å². The number of aryl methyl sites for hydroxylation is 1. The van der Waals surface area contributed by atoms with E-state index in [1.807, 2.05) is 13.0 Å². The molecule has 1 atom stereocenters. The van der Waals surface area contributed by atoms with Crippen molar-refractivity contribution in [2.75, 3.05) is 13.1 Å². The average Bonchev–Trinajstić information content (AvgIpc) is 3.08. The molecule has 0 spiro atoms. The molecular formula is C20H17ClF2N2O2S. The molecule has 0 N–H and O–H groups in total. The van der Waals surface area contributed by atoms with Gasteiger partial charge in [0.15, 0.2) is 0 Å². The van der Waals surface area contributed by atoms with Crippen LogP contribution >= 0.6 is 11.6 Å². The second kappa shape index (κ2) is 7.06. The van der Waals surface area contributed by atoms with Gasteiger partial charge < -0.3 is 0 Å². The topological polar surface area (TPSA) is 50.3 Å². The first-order valence-corrected chi connectivity index (χ1v) is 10.6. The fourth-order valence-corrected chi connectivity index (χ4v) is 5.09. The molecule has 0 saturated carbocycles. The lowest BCUT2D eigenvalue weighted by molar-refractivity contribution is 0.343. The number of fused-ring (bicyclic) bond motifs is 1. The minimum atomic E-state index is -3.93. The second-order valence-corrected chi connectivity index (χ2v) is 9.25. The van der Waals surface area contributed by atoms with Crippen LogP contribution in [-0.2, 0) is 10.0 Å². The summed E-state index contributed by atoms with van der Waals surface area (Å²) in [5.41, 5.74) is 2.11. The van der Waals surface area contributed by atoms with Gasteiger partial charge in [-0.3, -0.25) is 0 Å². The number of aromatic nitrogens is 1. The molecular weight excluding hydrogens is 406 g/mol. The zero-order valence-electron chi connectivity index (χ0n) is 15.0. The Morgan fingerprint density at radius 2 is 1.96 bits per heavy atom. The third kappa shape index (κ3) is 3.38. The van der Waals surface area contributed by atoms with Crippen molar-refractivity contribution in [3.05, 3.63) is 58.9 Å². The molecule has 1 aliphatic rings. The van der Waals surface area contributed by atoms with Crippen LogP contribution in [-0.4, -0.2) is 37.0 Å². The highest BCUT2D eigenvalue weighted by molar-refractivity contribution is 7.89. The van der Waals surface area contributed by atoms with Crippen LogP contribution in [0.1, 0.15) is 12.0 Å². The van der Waals surface area contributed by atoms with Crippen molar-refractivity contribution >= 4 is 32.5 Å². The van der Waals surface area contributed by atoms with Crippen molar-refractivity contribution in [1.82, 2.24) is 9.29 Å². The molecule has 0 radical (unpaired) electrons. The Kier molecular flexibility index (Phi) is 4.85. The largest absolute Gasteiger partial charge is 0.248 e. The summed E-state index contributed by atoms with van der Waals surface area (Å²) in [5, 5.41) is 1.43. The summed E-state index contributed by atoms with van der Waals surface area (Å²) >= 11 is 6.03. The summed E-state index contributed by atoms with van der Waals surface area (Å²) in [7, 11) is -3.93. The number of hydrogen-bond donors (Lipinski definition) is 0. The average molecular weight is 423 g/mol. The third-order valence-corrected chi connectivity index (χ3v) is 7.02. The highest BCUT2D eigenvalue weighted by Gasteiger charge is 2.33. The predicted molar refractivity (Wildman–Crippen MR) is 105 cm³/mol. The molecule has 0 bridgehead atoms. The Balaban J connectivity index is 1.75. The van der Waals surface area contributed by atoms with Crippen molar-refractivity contribution in [2.24, 2.45) is 0 Å². The van der Waals surface area contributed by atoms with Gasteiger partial charge in [-0.25, -0.2) is 22.2 Å². The van der Waals surface area contributed by atoms with Crippen molar-refractivity contribution < 1.29 is 17.2 Å². The molecule has 1 saturated heterocycles. The fraction of sp³-hybridized carbons (Fsp3) is 0.250. The number of pyridine rings is 1. The summed E-state index contributed by atoms with van der Waals surface area (Å²) in [5.74, 6) is -0.703. The van der Waals surface area contributed by atoms with Crippen LogP contribution in [0.4, 0.5) is 8.78 Å². The van der Waals surface area contributed by atoms with Gasteiger partial charge in [0, 0.05) is 29.1 Å². The van der Waals surface area contributed by atoms with E-state index in [1.54, 1.807) is 18.2 Å². The number of benzene rings is 2. The van der Waals surface area contributed by atoms with Gasteiger partial charge in [-0.05, 0) is 55.3 Å². The highest BCUT2D eigenvalue weighted by atomic mass is 35.5. The second-order valence-electron chi connectivity index (χ2n) is 6.88. The maximum Gasteiger partial charge on any atom is 0.243 e. The molecule has 1 fully saturated rings. The first-order valence-electron chi connectivity index (χ1n) is 8.77. The quantitative estimate of drug-likeness (QED) is 0.612. The number of rotatable bonds is 3. The summed E-state index contributed by atoms with van der Waals surface area (Å²) in [6.45, 7) is 1.79. The zero-order valence-corrected chi connectivity index (χ0v) is 16.6. The third-order valence-electron chi connectivity index (χ3n) is 4.93. The smallest absolute Gasteiger partial charge is 0.243 e. The fourth-order valence-electron chi connectivity index (χ4n) is 3.43. The molecule has 1 aliphatic heterocycles. The highest BCUT2D eigenvalue weighted by Crippen LogP contribution is 2.30. The number of nitrogens with zero attached hydrogens (tertiary/aromatic N) is 2. The molecule has 0 amide bonds. The summed E-state index contributed by atoms with van der Waals surface area (Å²) in [6.07, 6.45) is -1.03. The van der Waals surface area contributed by atoms with Gasteiger partial charge in [0.25, 0.3) is 0 Å². The van der Waals surface area contributed by atoms with Crippen LogP contribution < -0.4 is 0 Å². The van der Waals surface area contributed by atoms with Crippen LogP contribution in [0.25, 0.3) is 22.2 Å². The van der Waals surface area contributed by atoms with Gasteiger partial charge >= 0.3 is 0 Å². The summed E-state index contributed by atoms with van der Waals surface area (Å²) in [4.78, 5) is 4.28. The normalized spacial score (nSPS) is 18.1. The zero-order chi connectivity index (χ0) is 20.1. The molecule has 0 unspecified atom stereocenters. The van der Waals surface area contributed by atoms with Gasteiger partial charge in [0.05, 0.1) is 16.1 Å². The summed E-state index contributed by atoms with van der Waals surface area (Å²) < 4.78 is 54.5. The molecule has 2 heterocycles. The summed E-state index contributed by atoms with van der Waals surface area (Å²) in [6, 6.07) is 10.8. The number of sulfonamides is 1. The Labute approximate surface area is 166 Å². The number of alkyl halides is 1. The maximum absolute atomic E-state index is 14.8. The lowest BCUT2D eigenvalue weighted by Gasteiger charge is -2.16. The molecule has 0 aliphatic carbocycles. The molecule has 4 rings (SSSR count). The number of hydrogen-bond acceptors (Lipinski definition) is 3. The Morgan fingerprint density at radius 3 is 2.64 bits per heavy atom. The van der Waals surface area contributed by atoms with E-state index in [0.29, 0.717) is 16.2 Å². The molecule has 28 heavy (non-hydrogen) atoms. The van der Waals surface area contributed by atoms with E-state index in [0.717, 1.165) is 21.3 Å².